The molecule has 0 saturated carbocycles. The molecule has 0 radical (unpaired) electrons. The van der Waals surface area contributed by atoms with Crippen LogP contribution in [0.4, 0.5) is 5.69 Å². The molecule has 1 aromatic carbocycles. The lowest BCUT2D eigenvalue weighted by Crippen LogP contribution is -2.06. The monoisotopic (exact) mass is 266 g/mol. The number of rotatable bonds is 3. The fourth-order valence-electron chi connectivity index (χ4n) is 2.28. The maximum Gasteiger partial charge on any atom is 0.195 e. The van der Waals surface area contributed by atoms with E-state index in [4.69, 9.17) is 26.5 Å². The van der Waals surface area contributed by atoms with Crippen LogP contribution in [0.25, 0.3) is 11.1 Å². The van der Waals surface area contributed by atoms with Crippen molar-refractivity contribution in [2.75, 3.05) is 12.3 Å². The van der Waals surface area contributed by atoms with E-state index in [0.717, 1.165) is 43.7 Å². The number of benzene rings is 1. The summed E-state index contributed by atoms with van der Waals surface area (Å²) in [6.45, 7) is 0.879. The molecule has 0 amide bonds. The third-order valence-corrected chi connectivity index (χ3v) is 3.58. The van der Waals surface area contributed by atoms with Crippen molar-refractivity contribution in [2.24, 2.45) is 0 Å². The number of halogens is 1. The number of aryl methyl sites for hydroxylation is 1. The molecule has 18 heavy (non-hydrogen) atoms. The first kappa shape index (κ1) is 11.8. The number of hydrogen-bond acceptors (Lipinski definition) is 4. The van der Waals surface area contributed by atoms with Crippen molar-refractivity contribution in [2.45, 2.75) is 31.8 Å². The van der Waals surface area contributed by atoms with Crippen LogP contribution < -0.4 is 5.73 Å². The average Bonchev–Trinajstić information content (AvgIpc) is 2.96. The van der Waals surface area contributed by atoms with Gasteiger partial charge in [0.2, 0.25) is 0 Å². The van der Waals surface area contributed by atoms with Crippen molar-refractivity contribution in [3.8, 4) is 0 Å². The van der Waals surface area contributed by atoms with E-state index in [0.29, 0.717) is 22.4 Å². The number of fused-ring (bicyclic) bond motifs is 1. The van der Waals surface area contributed by atoms with E-state index in [1.807, 2.05) is 0 Å². The van der Waals surface area contributed by atoms with Gasteiger partial charge in [0.25, 0.3) is 0 Å². The average molecular weight is 267 g/mol. The Balaban J connectivity index is 1.76. The molecule has 1 aliphatic rings. The first-order valence-corrected chi connectivity index (χ1v) is 6.56. The summed E-state index contributed by atoms with van der Waals surface area (Å²) in [4.78, 5) is 4.41. The van der Waals surface area contributed by atoms with E-state index in [1.54, 1.807) is 12.1 Å². The minimum atomic E-state index is 0.355. The van der Waals surface area contributed by atoms with E-state index >= 15 is 0 Å². The van der Waals surface area contributed by atoms with Crippen LogP contribution in [0.3, 0.4) is 0 Å². The summed E-state index contributed by atoms with van der Waals surface area (Å²) in [5, 5.41) is 0.515. The number of anilines is 1. The quantitative estimate of drug-likeness (QED) is 0.867. The number of oxazole rings is 1. The normalized spacial score (nSPS) is 19.7. The summed E-state index contributed by atoms with van der Waals surface area (Å²) in [5.74, 6) is 0.724. The van der Waals surface area contributed by atoms with Gasteiger partial charge in [-0.1, -0.05) is 11.6 Å². The van der Waals surface area contributed by atoms with Crippen LogP contribution in [0.2, 0.25) is 5.02 Å². The zero-order valence-electron chi connectivity index (χ0n) is 9.99. The highest BCUT2D eigenvalue weighted by molar-refractivity contribution is 6.33. The number of nitrogens with zero attached hydrogens (tertiary/aromatic N) is 1. The third kappa shape index (κ3) is 2.31. The van der Waals surface area contributed by atoms with Gasteiger partial charge in [-0.3, -0.25) is 0 Å². The lowest BCUT2D eigenvalue weighted by molar-refractivity contribution is 0.103. The van der Waals surface area contributed by atoms with E-state index in [1.165, 1.54) is 0 Å². The topological polar surface area (TPSA) is 61.3 Å². The first-order valence-electron chi connectivity index (χ1n) is 6.18. The van der Waals surface area contributed by atoms with Crippen molar-refractivity contribution in [3.63, 3.8) is 0 Å². The van der Waals surface area contributed by atoms with Crippen molar-refractivity contribution >= 4 is 28.4 Å². The lowest BCUT2D eigenvalue weighted by atomic mass is 10.1. The molecule has 96 valence electrons. The number of nitrogen functional groups attached to an aromatic ring is 1. The Kier molecular flexibility index (Phi) is 3.14. The van der Waals surface area contributed by atoms with Gasteiger partial charge >= 0.3 is 0 Å². The smallest absolute Gasteiger partial charge is 0.195 e. The Labute approximate surface area is 110 Å². The summed E-state index contributed by atoms with van der Waals surface area (Å²) < 4.78 is 11.2. The van der Waals surface area contributed by atoms with Gasteiger partial charge in [-0.2, -0.15) is 0 Å². The number of nitrogens with two attached hydrogens (primary N) is 1. The molecule has 0 bridgehead atoms. The second-order valence-electron chi connectivity index (χ2n) is 4.62. The molecule has 0 aliphatic carbocycles. The molecule has 1 saturated heterocycles. The molecule has 3 rings (SSSR count). The molecular formula is C13H15ClN2O2. The van der Waals surface area contributed by atoms with Gasteiger partial charge in [-0.25, -0.2) is 4.98 Å². The highest BCUT2D eigenvalue weighted by Crippen LogP contribution is 2.27. The van der Waals surface area contributed by atoms with Crippen LogP contribution in [0.15, 0.2) is 16.5 Å². The fourth-order valence-corrected chi connectivity index (χ4v) is 2.43. The van der Waals surface area contributed by atoms with Gasteiger partial charge in [-0.15, -0.1) is 0 Å². The molecule has 2 N–H and O–H groups in total. The Hall–Kier alpha value is -1.26. The fraction of sp³-hybridized carbons (Fsp3) is 0.462. The van der Waals surface area contributed by atoms with Crippen molar-refractivity contribution in [3.05, 3.63) is 23.0 Å². The van der Waals surface area contributed by atoms with Crippen LogP contribution in [-0.2, 0) is 11.2 Å². The first-order chi connectivity index (χ1) is 8.72. The van der Waals surface area contributed by atoms with Crippen LogP contribution >= 0.6 is 11.6 Å². The van der Waals surface area contributed by atoms with Crippen LogP contribution in [0.5, 0.6) is 0 Å². The maximum atomic E-state index is 5.95. The van der Waals surface area contributed by atoms with E-state index in [9.17, 15) is 0 Å². The Bertz CT molecular complexity index is 522. The summed E-state index contributed by atoms with van der Waals surface area (Å²) in [5.41, 5.74) is 7.70. The second kappa shape index (κ2) is 4.78. The number of aromatic nitrogens is 1. The summed E-state index contributed by atoms with van der Waals surface area (Å²) in [7, 11) is 0. The SMILES string of the molecule is Nc1cc2oc(CCC3CCCO3)nc2cc1Cl. The highest BCUT2D eigenvalue weighted by atomic mass is 35.5. The van der Waals surface area contributed by atoms with E-state index in [-0.39, 0.29) is 0 Å². The number of hydrogen-bond donors (Lipinski definition) is 1. The molecule has 1 aromatic heterocycles. The molecule has 1 atom stereocenters. The van der Waals surface area contributed by atoms with Gasteiger partial charge in [0.15, 0.2) is 11.5 Å². The van der Waals surface area contributed by atoms with E-state index in [2.05, 4.69) is 4.98 Å². The van der Waals surface area contributed by atoms with Crippen molar-refractivity contribution in [1.82, 2.24) is 4.98 Å². The Morgan fingerprint density at radius 2 is 2.33 bits per heavy atom. The standard InChI is InChI=1S/C13H15ClN2O2/c14-9-6-11-12(7-10(9)15)18-13(16-11)4-3-8-2-1-5-17-8/h6-8H,1-5,15H2. The minimum Gasteiger partial charge on any atom is -0.441 e. The maximum absolute atomic E-state index is 5.95. The van der Waals surface area contributed by atoms with Gasteiger partial charge in [0.05, 0.1) is 16.8 Å². The van der Waals surface area contributed by atoms with Crippen molar-refractivity contribution < 1.29 is 9.15 Å². The van der Waals surface area contributed by atoms with Gasteiger partial charge < -0.3 is 14.9 Å². The van der Waals surface area contributed by atoms with Crippen LogP contribution in [-0.4, -0.2) is 17.7 Å². The molecule has 2 aromatic rings. The van der Waals surface area contributed by atoms with Crippen LogP contribution in [0, 0.1) is 0 Å². The molecular weight excluding hydrogens is 252 g/mol. The predicted molar refractivity (Wildman–Crippen MR) is 70.7 cm³/mol. The molecule has 0 spiro atoms. The lowest BCUT2D eigenvalue weighted by Gasteiger charge is -2.05. The largest absolute Gasteiger partial charge is 0.441 e. The zero-order chi connectivity index (χ0) is 12.5. The Morgan fingerprint density at radius 3 is 3.11 bits per heavy atom. The second-order valence-corrected chi connectivity index (χ2v) is 5.03. The van der Waals surface area contributed by atoms with E-state index < -0.39 is 0 Å². The van der Waals surface area contributed by atoms with Crippen LogP contribution in [0.1, 0.15) is 25.2 Å². The zero-order valence-corrected chi connectivity index (χ0v) is 10.7. The molecule has 1 unspecified atom stereocenters. The molecule has 4 nitrogen and oxygen atoms in total. The Morgan fingerprint density at radius 1 is 1.44 bits per heavy atom. The molecule has 5 heteroatoms. The number of ether oxygens (including phenoxy) is 1. The van der Waals surface area contributed by atoms with Gasteiger partial charge in [-0.05, 0) is 25.3 Å². The molecule has 1 fully saturated rings. The minimum absolute atomic E-state index is 0.355. The summed E-state index contributed by atoms with van der Waals surface area (Å²) >= 11 is 5.95. The third-order valence-electron chi connectivity index (χ3n) is 3.26. The van der Waals surface area contributed by atoms with Gasteiger partial charge in [0.1, 0.15) is 5.52 Å². The van der Waals surface area contributed by atoms with Crippen molar-refractivity contribution in [1.29, 1.82) is 0 Å². The summed E-state index contributed by atoms with van der Waals surface area (Å²) in [6, 6.07) is 3.46. The highest BCUT2D eigenvalue weighted by Gasteiger charge is 2.17. The molecule has 2 heterocycles. The summed E-state index contributed by atoms with van der Waals surface area (Å²) in [6.07, 6.45) is 4.39. The van der Waals surface area contributed by atoms with Gasteiger partial charge in [0, 0.05) is 19.1 Å². The predicted octanol–water partition coefficient (Wildman–Crippen LogP) is 3.18. The molecule has 1 aliphatic heterocycles.